The molecule has 0 aromatic heterocycles. The molecule has 0 amide bonds. The molecule has 0 aliphatic carbocycles. The van der Waals surface area contributed by atoms with Gasteiger partial charge in [0.1, 0.15) is 12.0 Å². The quantitative estimate of drug-likeness (QED) is 0.465. The van der Waals surface area contributed by atoms with Crippen molar-refractivity contribution in [3.05, 3.63) is 26.8 Å². The smallest absolute Gasteiger partial charge is 0.229 e. The van der Waals surface area contributed by atoms with Gasteiger partial charge in [0.05, 0.1) is 3.57 Å². The van der Waals surface area contributed by atoms with Gasteiger partial charge in [-0.15, -0.1) is 0 Å². The lowest BCUT2D eigenvalue weighted by Crippen LogP contribution is -2.21. The number of halogens is 1. The minimum absolute atomic E-state index is 0.0873. The van der Waals surface area contributed by atoms with Gasteiger partial charge < -0.3 is 4.43 Å². The SMILES string of the molecule is C[SiH](C)Oc1c(I)ccc(C=O)c1C(C)(C)C. The zero-order valence-corrected chi connectivity index (χ0v) is 14.3. The Kier molecular flexibility index (Phi) is 4.77. The highest BCUT2D eigenvalue weighted by molar-refractivity contribution is 14.1. The fraction of sp³-hybridized carbons (Fsp3) is 0.462. The molecule has 0 bridgehead atoms. The highest BCUT2D eigenvalue weighted by Crippen LogP contribution is 2.37. The van der Waals surface area contributed by atoms with E-state index in [0.717, 1.165) is 26.7 Å². The molecule has 2 nitrogen and oxygen atoms in total. The molecule has 0 fully saturated rings. The van der Waals surface area contributed by atoms with E-state index in [4.69, 9.17) is 4.43 Å². The summed E-state index contributed by atoms with van der Waals surface area (Å²) in [4.78, 5) is 11.2. The van der Waals surface area contributed by atoms with E-state index in [-0.39, 0.29) is 5.41 Å². The molecule has 0 radical (unpaired) electrons. The van der Waals surface area contributed by atoms with Gasteiger partial charge in [0.15, 0.2) is 0 Å². The monoisotopic (exact) mass is 362 g/mol. The van der Waals surface area contributed by atoms with Crippen LogP contribution in [0.1, 0.15) is 36.7 Å². The third-order valence-corrected chi connectivity index (χ3v) is 3.93. The Morgan fingerprint density at radius 1 is 1.29 bits per heavy atom. The van der Waals surface area contributed by atoms with E-state index in [1.807, 2.05) is 12.1 Å². The van der Waals surface area contributed by atoms with Gasteiger partial charge in [-0.05, 0) is 47.2 Å². The molecule has 94 valence electrons. The lowest BCUT2D eigenvalue weighted by Gasteiger charge is -2.26. The van der Waals surface area contributed by atoms with E-state index in [2.05, 4.69) is 56.5 Å². The summed E-state index contributed by atoms with van der Waals surface area (Å²) in [5.41, 5.74) is 1.68. The van der Waals surface area contributed by atoms with Crippen molar-refractivity contribution < 1.29 is 9.22 Å². The number of hydrogen-bond donors (Lipinski definition) is 0. The second-order valence-corrected chi connectivity index (χ2v) is 8.87. The molecule has 0 saturated heterocycles. The first-order chi connectivity index (χ1) is 7.77. The van der Waals surface area contributed by atoms with E-state index < -0.39 is 9.04 Å². The van der Waals surface area contributed by atoms with E-state index >= 15 is 0 Å². The molecule has 0 saturated carbocycles. The average molecular weight is 362 g/mol. The first-order valence-electron chi connectivity index (χ1n) is 5.72. The summed E-state index contributed by atoms with van der Waals surface area (Å²) in [5.74, 6) is 0.907. The normalized spacial score (nSPS) is 11.7. The van der Waals surface area contributed by atoms with Crippen LogP contribution in [-0.2, 0) is 5.41 Å². The van der Waals surface area contributed by atoms with Crippen molar-refractivity contribution in [3.63, 3.8) is 0 Å². The number of carbonyl (C=O) groups is 1. The molecule has 1 rings (SSSR count). The molecule has 4 heteroatoms. The van der Waals surface area contributed by atoms with Crippen molar-refractivity contribution in [2.75, 3.05) is 0 Å². The molecule has 0 aliphatic heterocycles. The summed E-state index contributed by atoms with van der Waals surface area (Å²) in [5, 5.41) is 0. The fourth-order valence-electron chi connectivity index (χ4n) is 1.80. The molecule has 0 unspecified atom stereocenters. The molecule has 0 spiro atoms. The van der Waals surface area contributed by atoms with Crippen molar-refractivity contribution in [1.82, 2.24) is 0 Å². The fourth-order valence-corrected chi connectivity index (χ4v) is 3.33. The molecule has 0 N–H and O–H groups in total. The van der Waals surface area contributed by atoms with Crippen LogP contribution in [-0.4, -0.2) is 15.3 Å². The van der Waals surface area contributed by atoms with Gasteiger partial charge in [-0.2, -0.15) is 0 Å². The van der Waals surface area contributed by atoms with Crippen LogP contribution in [0.15, 0.2) is 12.1 Å². The highest BCUT2D eigenvalue weighted by atomic mass is 127. The Bertz CT molecular complexity index is 422. The second kappa shape index (κ2) is 5.52. The van der Waals surface area contributed by atoms with Crippen molar-refractivity contribution in [2.24, 2.45) is 0 Å². The Hall–Kier alpha value is -0.363. The van der Waals surface area contributed by atoms with Gasteiger partial charge in [-0.1, -0.05) is 26.8 Å². The topological polar surface area (TPSA) is 26.3 Å². The minimum atomic E-state index is -1.18. The maximum Gasteiger partial charge on any atom is 0.229 e. The van der Waals surface area contributed by atoms with Crippen molar-refractivity contribution >= 4 is 37.9 Å². The van der Waals surface area contributed by atoms with Gasteiger partial charge in [0.25, 0.3) is 0 Å². The van der Waals surface area contributed by atoms with Gasteiger partial charge in [-0.25, -0.2) is 0 Å². The first kappa shape index (κ1) is 14.7. The number of carbonyl (C=O) groups excluding carboxylic acids is 1. The molecule has 1 aromatic carbocycles. The second-order valence-electron chi connectivity index (χ2n) is 5.38. The average Bonchev–Trinajstić information content (AvgIpc) is 2.18. The maximum atomic E-state index is 11.2. The van der Waals surface area contributed by atoms with Crippen molar-refractivity contribution in [3.8, 4) is 5.75 Å². The molecule has 17 heavy (non-hydrogen) atoms. The molecule has 0 heterocycles. The van der Waals surface area contributed by atoms with Crippen LogP contribution < -0.4 is 4.43 Å². The van der Waals surface area contributed by atoms with Gasteiger partial charge in [0, 0.05) is 11.1 Å². The maximum absolute atomic E-state index is 11.2. The lowest BCUT2D eigenvalue weighted by atomic mass is 9.83. The summed E-state index contributed by atoms with van der Waals surface area (Å²) in [6, 6.07) is 3.83. The molecule has 0 aliphatic rings. The number of rotatable bonds is 3. The van der Waals surface area contributed by atoms with Crippen LogP contribution in [0.4, 0.5) is 0 Å². The third kappa shape index (κ3) is 3.55. The van der Waals surface area contributed by atoms with E-state index in [9.17, 15) is 4.79 Å². The van der Waals surface area contributed by atoms with E-state index in [0.29, 0.717) is 0 Å². The summed E-state index contributed by atoms with van der Waals surface area (Å²) < 4.78 is 7.10. The van der Waals surface area contributed by atoms with Crippen LogP contribution in [0.2, 0.25) is 13.1 Å². The molecular weight excluding hydrogens is 343 g/mol. The predicted molar refractivity (Wildman–Crippen MR) is 82.8 cm³/mol. The highest BCUT2D eigenvalue weighted by Gasteiger charge is 2.25. The molecular formula is C13H19IO2Si. The van der Waals surface area contributed by atoms with E-state index in [1.54, 1.807) is 0 Å². The van der Waals surface area contributed by atoms with Gasteiger partial charge in [-0.3, -0.25) is 4.79 Å². The Labute approximate surface area is 119 Å². The Morgan fingerprint density at radius 2 is 1.88 bits per heavy atom. The van der Waals surface area contributed by atoms with Crippen LogP contribution in [0.5, 0.6) is 5.75 Å². The summed E-state index contributed by atoms with van der Waals surface area (Å²) in [7, 11) is -1.18. The standard InChI is InChI=1S/C13H19IO2Si/c1-13(2,3)11-9(8-15)6-7-10(14)12(11)16-17(4)5/h6-8,17H,1-5H3. The van der Waals surface area contributed by atoms with Gasteiger partial charge in [0.2, 0.25) is 9.04 Å². The van der Waals surface area contributed by atoms with Gasteiger partial charge >= 0.3 is 0 Å². The minimum Gasteiger partial charge on any atom is -0.546 e. The summed E-state index contributed by atoms with van der Waals surface area (Å²) in [6.07, 6.45) is 0.922. The molecule has 0 atom stereocenters. The van der Waals surface area contributed by atoms with Crippen LogP contribution >= 0.6 is 22.6 Å². The largest absolute Gasteiger partial charge is 0.546 e. The zero-order valence-electron chi connectivity index (χ0n) is 11.0. The summed E-state index contributed by atoms with van der Waals surface area (Å²) >= 11 is 2.27. The Morgan fingerprint density at radius 3 is 2.29 bits per heavy atom. The third-order valence-electron chi connectivity index (χ3n) is 2.37. The molecule has 1 aromatic rings. The van der Waals surface area contributed by atoms with Crippen molar-refractivity contribution in [2.45, 2.75) is 39.3 Å². The van der Waals surface area contributed by atoms with Crippen LogP contribution in [0, 0.1) is 3.57 Å². The van der Waals surface area contributed by atoms with Crippen molar-refractivity contribution in [1.29, 1.82) is 0 Å². The number of benzene rings is 1. The Balaban J connectivity index is 3.48. The predicted octanol–water partition coefficient (Wildman–Crippen LogP) is 3.76. The number of hydrogen-bond acceptors (Lipinski definition) is 2. The van der Waals surface area contributed by atoms with Crippen LogP contribution in [0.25, 0.3) is 0 Å². The summed E-state index contributed by atoms with van der Waals surface area (Å²) in [6.45, 7) is 10.6. The zero-order chi connectivity index (χ0) is 13.2. The van der Waals surface area contributed by atoms with Crippen LogP contribution in [0.3, 0.4) is 0 Å². The lowest BCUT2D eigenvalue weighted by molar-refractivity contribution is 0.112. The number of aldehydes is 1. The first-order valence-corrected chi connectivity index (χ1v) is 9.58. The van der Waals surface area contributed by atoms with E-state index in [1.165, 1.54) is 0 Å².